The van der Waals surface area contributed by atoms with E-state index in [1.165, 1.54) is 19.8 Å². The van der Waals surface area contributed by atoms with Crippen molar-refractivity contribution in [2.45, 2.75) is 52.1 Å². The van der Waals surface area contributed by atoms with Gasteiger partial charge in [0, 0.05) is 26.4 Å². The van der Waals surface area contributed by atoms with Crippen LogP contribution in [0.1, 0.15) is 62.6 Å². The van der Waals surface area contributed by atoms with Crippen molar-refractivity contribution in [1.82, 2.24) is 9.88 Å². The van der Waals surface area contributed by atoms with Crippen molar-refractivity contribution in [2.75, 3.05) is 13.1 Å². The highest BCUT2D eigenvalue weighted by Gasteiger charge is 2.45. The molecule has 1 saturated carbocycles. The highest BCUT2D eigenvalue weighted by Crippen LogP contribution is 2.54. The molecule has 2 aliphatic carbocycles. The number of aromatic nitrogens is 1. The number of Topliss-reactive ketones (excluding diaryl/α,β-unsaturated/α-hetero) is 1. The van der Waals surface area contributed by atoms with Crippen molar-refractivity contribution < 1.29 is 14.3 Å². The van der Waals surface area contributed by atoms with E-state index in [2.05, 4.69) is 10.8 Å². The molecule has 1 unspecified atom stereocenters. The number of hydrogen-bond donors (Lipinski definition) is 0. The summed E-state index contributed by atoms with van der Waals surface area (Å²) >= 11 is 0. The van der Waals surface area contributed by atoms with Crippen molar-refractivity contribution in [3.8, 4) is 12.3 Å². The normalized spacial score (nSPS) is 21.5. The maximum absolute atomic E-state index is 12.6. The Kier molecular flexibility index (Phi) is 4.30. The first-order chi connectivity index (χ1) is 12.9. The van der Waals surface area contributed by atoms with Crippen LogP contribution in [-0.2, 0) is 20.7 Å². The topological polar surface area (TPSA) is 59.5 Å². The number of ether oxygens (including phenoxy) is 1. The lowest BCUT2D eigenvalue weighted by atomic mass is 9.88. The first-order valence-electron chi connectivity index (χ1n) is 9.59. The summed E-state index contributed by atoms with van der Waals surface area (Å²) in [6.07, 6.45) is 10.5. The standard InChI is InChI=1S/C22H24N2O3/c1-4-17-19(26)13-16-5-6-18(14(2)27-15(3)25)23-20(16)21(17)24-11-9-22(7-8-22)10-12-24/h1,5-6,14H,7-13H2,2-3H3. The molecule has 1 saturated heterocycles. The number of carbonyl (C=O) groups excluding carboxylic acids is 2. The number of rotatable bonds is 3. The maximum atomic E-state index is 12.6. The fraction of sp³-hybridized carbons (Fsp3) is 0.500. The average molecular weight is 364 g/mol. The predicted molar refractivity (Wildman–Crippen MR) is 101 cm³/mol. The predicted octanol–water partition coefficient (Wildman–Crippen LogP) is 3.05. The lowest BCUT2D eigenvalue weighted by Crippen LogP contribution is -2.36. The summed E-state index contributed by atoms with van der Waals surface area (Å²) in [5, 5.41) is 0. The van der Waals surface area contributed by atoms with Crippen molar-refractivity contribution in [2.24, 2.45) is 5.41 Å². The van der Waals surface area contributed by atoms with Gasteiger partial charge in [0.15, 0.2) is 5.78 Å². The number of pyridine rings is 1. The number of esters is 1. The van der Waals surface area contributed by atoms with Gasteiger partial charge in [-0.1, -0.05) is 12.0 Å². The summed E-state index contributed by atoms with van der Waals surface area (Å²) in [6, 6.07) is 3.74. The summed E-state index contributed by atoms with van der Waals surface area (Å²) in [6.45, 7) is 4.99. The molecular weight excluding hydrogens is 340 g/mol. The Morgan fingerprint density at radius 2 is 2.00 bits per heavy atom. The molecule has 0 aromatic carbocycles. The number of nitrogens with zero attached hydrogens (tertiary/aromatic N) is 2. The fourth-order valence-electron chi connectivity index (χ4n) is 4.24. The summed E-state index contributed by atoms with van der Waals surface area (Å²) < 4.78 is 5.28. The van der Waals surface area contributed by atoms with E-state index >= 15 is 0 Å². The monoisotopic (exact) mass is 364 g/mol. The van der Waals surface area contributed by atoms with E-state index in [0.29, 0.717) is 16.7 Å². The molecule has 0 radical (unpaired) electrons. The zero-order chi connectivity index (χ0) is 19.2. The minimum absolute atomic E-state index is 0.0192. The van der Waals surface area contributed by atoms with Crippen LogP contribution in [0.3, 0.4) is 0 Å². The Bertz CT molecular complexity index is 879. The Morgan fingerprint density at radius 3 is 2.59 bits per heavy atom. The van der Waals surface area contributed by atoms with Crippen LogP contribution in [-0.4, -0.2) is 34.7 Å². The first-order valence-corrected chi connectivity index (χ1v) is 9.59. The van der Waals surface area contributed by atoms with Crippen LogP contribution < -0.4 is 0 Å². The minimum Gasteiger partial charge on any atom is -0.456 e. The van der Waals surface area contributed by atoms with E-state index in [-0.39, 0.29) is 18.2 Å². The average Bonchev–Trinajstić information content (AvgIpc) is 3.39. The van der Waals surface area contributed by atoms with E-state index < -0.39 is 6.10 Å². The van der Waals surface area contributed by atoms with Gasteiger partial charge in [-0.05, 0) is 49.7 Å². The van der Waals surface area contributed by atoms with Gasteiger partial charge in [0.1, 0.15) is 6.10 Å². The molecule has 1 atom stereocenters. The Labute approximate surface area is 159 Å². The van der Waals surface area contributed by atoms with Gasteiger partial charge < -0.3 is 9.64 Å². The Balaban J connectivity index is 1.73. The number of fused-ring (bicyclic) bond motifs is 1. The summed E-state index contributed by atoms with van der Waals surface area (Å²) in [4.78, 5) is 30.9. The quantitative estimate of drug-likeness (QED) is 0.609. The highest BCUT2D eigenvalue weighted by molar-refractivity contribution is 6.09. The van der Waals surface area contributed by atoms with Gasteiger partial charge in [-0.2, -0.15) is 0 Å². The van der Waals surface area contributed by atoms with Crippen LogP contribution in [0.4, 0.5) is 0 Å². The molecule has 1 aliphatic heterocycles. The SMILES string of the molecule is C#CC1=C(N2CCC3(CC2)CC3)c2nc(C(C)OC(C)=O)ccc2CC1=O. The van der Waals surface area contributed by atoms with Crippen molar-refractivity contribution in [1.29, 1.82) is 0 Å². The number of ketones is 1. The maximum Gasteiger partial charge on any atom is 0.303 e. The van der Waals surface area contributed by atoms with E-state index in [4.69, 9.17) is 16.1 Å². The molecule has 5 heteroatoms. The fourth-order valence-corrected chi connectivity index (χ4v) is 4.24. The molecule has 0 bridgehead atoms. The molecule has 0 N–H and O–H groups in total. The number of likely N-dealkylation sites (tertiary alicyclic amines) is 1. The molecule has 1 spiro atoms. The molecule has 1 aromatic rings. The van der Waals surface area contributed by atoms with Crippen molar-refractivity contribution in [3.63, 3.8) is 0 Å². The lowest BCUT2D eigenvalue weighted by Gasteiger charge is -2.37. The van der Waals surface area contributed by atoms with Gasteiger partial charge in [0.2, 0.25) is 0 Å². The van der Waals surface area contributed by atoms with Gasteiger partial charge in [0.25, 0.3) is 0 Å². The van der Waals surface area contributed by atoms with E-state index in [1.54, 1.807) is 6.92 Å². The first kappa shape index (κ1) is 17.8. The molecule has 140 valence electrons. The van der Waals surface area contributed by atoms with Crippen molar-refractivity contribution >= 4 is 17.4 Å². The largest absolute Gasteiger partial charge is 0.456 e. The zero-order valence-corrected chi connectivity index (χ0v) is 15.9. The molecule has 0 amide bonds. The molecule has 2 fully saturated rings. The van der Waals surface area contributed by atoms with Crippen LogP contribution in [0.5, 0.6) is 0 Å². The number of terminal acetylenes is 1. The molecular formula is C22H24N2O3. The van der Waals surface area contributed by atoms with Gasteiger partial charge in [-0.25, -0.2) is 4.98 Å². The third kappa shape index (κ3) is 3.25. The Hall–Kier alpha value is -2.61. The highest BCUT2D eigenvalue weighted by atomic mass is 16.5. The van der Waals surface area contributed by atoms with Gasteiger partial charge in [0.05, 0.1) is 22.7 Å². The third-order valence-corrected chi connectivity index (χ3v) is 6.09. The van der Waals surface area contributed by atoms with Crippen LogP contribution in [0, 0.1) is 17.8 Å². The van der Waals surface area contributed by atoms with Gasteiger partial charge in [-0.15, -0.1) is 6.42 Å². The molecule has 2 heterocycles. The molecule has 4 rings (SSSR count). The zero-order valence-electron chi connectivity index (χ0n) is 15.9. The molecule has 5 nitrogen and oxygen atoms in total. The van der Waals surface area contributed by atoms with Crippen LogP contribution in [0.25, 0.3) is 5.70 Å². The molecule has 27 heavy (non-hydrogen) atoms. The summed E-state index contributed by atoms with van der Waals surface area (Å²) in [5.74, 6) is 2.26. The number of hydrogen-bond acceptors (Lipinski definition) is 5. The second-order valence-corrected chi connectivity index (χ2v) is 7.95. The minimum atomic E-state index is -0.447. The third-order valence-electron chi connectivity index (χ3n) is 6.09. The summed E-state index contributed by atoms with van der Waals surface area (Å²) in [5.41, 5.74) is 4.08. The summed E-state index contributed by atoms with van der Waals surface area (Å²) in [7, 11) is 0. The van der Waals surface area contributed by atoms with E-state index in [1.807, 2.05) is 12.1 Å². The van der Waals surface area contributed by atoms with E-state index in [0.717, 1.165) is 42.9 Å². The second kappa shape index (κ2) is 6.53. The van der Waals surface area contributed by atoms with E-state index in [9.17, 15) is 9.59 Å². The number of piperidine rings is 1. The molecule has 3 aliphatic rings. The smallest absolute Gasteiger partial charge is 0.303 e. The lowest BCUT2D eigenvalue weighted by molar-refractivity contribution is -0.146. The molecule has 1 aromatic heterocycles. The van der Waals surface area contributed by atoms with Crippen LogP contribution in [0.15, 0.2) is 17.7 Å². The second-order valence-electron chi connectivity index (χ2n) is 7.95. The van der Waals surface area contributed by atoms with Crippen LogP contribution >= 0.6 is 0 Å². The van der Waals surface area contributed by atoms with Crippen molar-refractivity contribution in [3.05, 3.63) is 34.7 Å². The Morgan fingerprint density at radius 1 is 1.30 bits per heavy atom. The van der Waals surface area contributed by atoms with Gasteiger partial charge in [-0.3, -0.25) is 9.59 Å². The number of allylic oxidation sites excluding steroid dienone is 1. The van der Waals surface area contributed by atoms with Gasteiger partial charge >= 0.3 is 5.97 Å². The van der Waals surface area contributed by atoms with Crippen LogP contribution in [0.2, 0.25) is 0 Å². The number of carbonyl (C=O) groups is 2.